The van der Waals surface area contributed by atoms with E-state index in [9.17, 15) is 0 Å². The highest BCUT2D eigenvalue weighted by Gasteiger charge is 2.24. The van der Waals surface area contributed by atoms with Crippen LogP contribution in [0.2, 0.25) is 0 Å². The van der Waals surface area contributed by atoms with Crippen LogP contribution in [-0.2, 0) is 0 Å². The minimum atomic E-state index is -0.667. The first-order valence-corrected chi connectivity index (χ1v) is 4.27. The quantitative estimate of drug-likeness (QED) is 0.390. The Balaban J connectivity index is -0.0000000902. The van der Waals surface area contributed by atoms with E-state index in [2.05, 4.69) is 0 Å². The smallest absolute Gasteiger partial charge is 0.0531 e. The molecule has 0 amide bonds. The first-order chi connectivity index (χ1) is 8.49. The predicted octanol–water partition coefficient (Wildman–Crippen LogP) is 1.96. The standard InChI is InChI=1S/C6H14O3.3N3/c1-2-6(3-7,4-8)5-9;3*1-3-2/h7-9H,2-5H2,1H3;;;/q;3*-1. The van der Waals surface area contributed by atoms with Crippen LogP contribution in [0.25, 0.3) is 47.9 Å². The van der Waals surface area contributed by atoms with Crippen LogP contribution in [0.15, 0.2) is 0 Å². The van der Waals surface area contributed by atoms with Gasteiger partial charge in [0.15, 0.2) is 0 Å². The Kier molecular flexibility index (Phi) is 33.4. The molecule has 0 saturated heterocycles. The van der Waals surface area contributed by atoms with Crippen LogP contribution in [-0.4, -0.2) is 35.1 Å². The maximum absolute atomic E-state index is 8.66. The van der Waals surface area contributed by atoms with Crippen LogP contribution >= 0.6 is 0 Å². The minimum absolute atomic E-state index is 0.156. The Hall–Kier alpha value is -2.19. The summed E-state index contributed by atoms with van der Waals surface area (Å²) in [6, 6.07) is 0. The number of hydrogen-bond acceptors (Lipinski definition) is 3. The van der Waals surface area contributed by atoms with Gasteiger partial charge in [0.25, 0.3) is 0 Å². The fourth-order valence-electron chi connectivity index (χ4n) is 0.485. The molecule has 0 aromatic rings. The third-order valence-corrected chi connectivity index (χ3v) is 1.76. The number of nitrogens with zero attached hydrogens (tertiary/aromatic N) is 9. The second kappa shape index (κ2) is 24.2. The van der Waals surface area contributed by atoms with Gasteiger partial charge in [0.1, 0.15) is 0 Å². The SMILES string of the molecule is CCC(CO)(CO)CO.[N-]=[N+]=[N-].[N-]=[N+]=[N-].[N-]=[N+]=[N-]. The fourth-order valence-corrected chi connectivity index (χ4v) is 0.485. The summed E-state index contributed by atoms with van der Waals surface area (Å²) in [5, 5.41) is 26.0. The molecule has 0 spiro atoms. The van der Waals surface area contributed by atoms with E-state index in [1.54, 1.807) is 0 Å². The zero-order valence-corrected chi connectivity index (χ0v) is 9.69. The van der Waals surface area contributed by atoms with Crippen molar-refractivity contribution >= 4 is 0 Å². The minimum Gasteiger partial charge on any atom is -0.396 e. The first-order valence-electron chi connectivity index (χ1n) is 4.27. The summed E-state index contributed by atoms with van der Waals surface area (Å²) in [6.45, 7) is 1.35. The van der Waals surface area contributed by atoms with Crippen molar-refractivity contribution in [2.75, 3.05) is 19.8 Å². The van der Waals surface area contributed by atoms with Crippen molar-refractivity contribution in [2.24, 2.45) is 5.41 Å². The van der Waals surface area contributed by atoms with Crippen molar-refractivity contribution in [3.05, 3.63) is 47.9 Å². The molecular formula is C6H14N9O3-3. The normalized spacial score (nSPS) is 7.33. The summed E-state index contributed by atoms with van der Waals surface area (Å²) in [6.07, 6.45) is 0.594. The van der Waals surface area contributed by atoms with E-state index >= 15 is 0 Å². The van der Waals surface area contributed by atoms with Gasteiger partial charge in [0.05, 0.1) is 19.8 Å². The molecular weight excluding hydrogens is 246 g/mol. The van der Waals surface area contributed by atoms with Gasteiger partial charge in [-0.05, 0) is 6.42 Å². The molecule has 3 N–H and O–H groups in total. The average molecular weight is 260 g/mol. The summed E-state index contributed by atoms with van der Waals surface area (Å²) in [4.78, 5) is 4.50. The Labute approximate surface area is 103 Å². The van der Waals surface area contributed by atoms with Crippen LogP contribution in [0.1, 0.15) is 13.3 Å². The summed E-state index contributed by atoms with van der Waals surface area (Å²) in [5.41, 5.74) is 39.8. The fraction of sp³-hybridized carbons (Fsp3) is 1.00. The molecule has 0 atom stereocenters. The number of aliphatic hydroxyl groups excluding tert-OH is 3. The van der Waals surface area contributed by atoms with Gasteiger partial charge in [-0.1, -0.05) is 6.92 Å². The number of aliphatic hydroxyl groups is 3. The molecule has 0 aromatic heterocycles. The molecule has 0 radical (unpaired) electrons. The molecule has 0 aromatic carbocycles. The van der Waals surface area contributed by atoms with Crippen molar-refractivity contribution in [3.8, 4) is 0 Å². The van der Waals surface area contributed by atoms with E-state index in [1.807, 2.05) is 6.92 Å². The van der Waals surface area contributed by atoms with Gasteiger partial charge >= 0.3 is 0 Å². The molecule has 0 rings (SSSR count). The molecule has 18 heavy (non-hydrogen) atoms. The van der Waals surface area contributed by atoms with Gasteiger partial charge in [0, 0.05) is 5.41 Å². The second-order valence-electron chi connectivity index (χ2n) is 2.60. The molecule has 0 bridgehead atoms. The first kappa shape index (κ1) is 24.9. The molecule has 0 unspecified atom stereocenters. The maximum Gasteiger partial charge on any atom is 0.0531 e. The monoisotopic (exact) mass is 260 g/mol. The number of hydrogen-bond donors (Lipinski definition) is 3. The molecule has 0 saturated carbocycles. The van der Waals surface area contributed by atoms with Crippen molar-refractivity contribution in [3.63, 3.8) is 0 Å². The third kappa shape index (κ3) is 23.5. The van der Waals surface area contributed by atoms with Gasteiger partial charge in [-0.25, -0.2) is 0 Å². The lowest BCUT2D eigenvalue weighted by Gasteiger charge is -2.24. The molecule has 104 valence electrons. The van der Waals surface area contributed by atoms with Crippen LogP contribution in [0.5, 0.6) is 0 Å². The van der Waals surface area contributed by atoms with Crippen molar-refractivity contribution < 1.29 is 15.3 Å². The molecule has 0 aliphatic carbocycles. The predicted molar refractivity (Wildman–Crippen MR) is 64.2 cm³/mol. The maximum atomic E-state index is 8.66. The van der Waals surface area contributed by atoms with E-state index in [4.69, 9.17) is 48.5 Å². The molecule has 0 aliphatic heterocycles. The van der Waals surface area contributed by atoms with E-state index in [-0.39, 0.29) is 19.8 Å². The summed E-state index contributed by atoms with van der Waals surface area (Å²) >= 11 is 0. The van der Waals surface area contributed by atoms with Crippen molar-refractivity contribution in [1.29, 1.82) is 0 Å². The summed E-state index contributed by atoms with van der Waals surface area (Å²) < 4.78 is 0. The average Bonchev–Trinajstić information content (AvgIpc) is 2.36. The van der Waals surface area contributed by atoms with Gasteiger partial charge in [0.2, 0.25) is 0 Å². The highest BCUT2D eigenvalue weighted by atomic mass is 16.3. The molecule has 0 aliphatic rings. The van der Waals surface area contributed by atoms with Crippen LogP contribution in [0.3, 0.4) is 0 Å². The Morgan fingerprint density at radius 2 is 0.889 bits per heavy atom. The van der Waals surface area contributed by atoms with Crippen LogP contribution in [0.4, 0.5) is 0 Å². The van der Waals surface area contributed by atoms with Gasteiger partial charge in [-0.15, -0.1) is 0 Å². The van der Waals surface area contributed by atoms with E-state index in [0.29, 0.717) is 6.42 Å². The summed E-state index contributed by atoms with van der Waals surface area (Å²) in [5.74, 6) is 0. The second-order valence-corrected chi connectivity index (χ2v) is 2.60. The van der Waals surface area contributed by atoms with E-state index in [0.717, 1.165) is 0 Å². The topological polar surface area (TPSA) is 237 Å². The zero-order chi connectivity index (χ0) is 15.4. The molecule has 0 fully saturated rings. The Bertz CT molecular complexity index is 213. The van der Waals surface area contributed by atoms with Gasteiger partial charge in [-0.3, -0.25) is 14.7 Å². The van der Waals surface area contributed by atoms with Crippen LogP contribution in [0, 0.1) is 5.41 Å². The van der Waals surface area contributed by atoms with Gasteiger partial charge in [-0.2, -0.15) is 0 Å². The van der Waals surface area contributed by atoms with Crippen LogP contribution < -0.4 is 0 Å². The third-order valence-electron chi connectivity index (χ3n) is 1.76. The highest BCUT2D eigenvalue weighted by Crippen LogP contribution is 2.18. The van der Waals surface area contributed by atoms with Gasteiger partial charge < -0.3 is 48.5 Å². The highest BCUT2D eigenvalue weighted by molar-refractivity contribution is 4.74. The lowest BCUT2D eigenvalue weighted by atomic mass is 9.88. The van der Waals surface area contributed by atoms with Crippen molar-refractivity contribution in [2.45, 2.75) is 13.3 Å². The van der Waals surface area contributed by atoms with E-state index < -0.39 is 5.41 Å². The Morgan fingerprint density at radius 1 is 0.722 bits per heavy atom. The molecule has 0 heterocycles. The molecule has 12 heteroatoms. The lowest BCUT2D eigenvalue weighted by molar-refractivity contribution is 0.00304. The molecule has 12 nitrogen and oxygen atoms in total. The van der Waals surface area contributed by atoms with Crippen molar-refractivity contribution in [1.82, 2.24) is 0 Å². The lowest BCUT2D eigenvalue weighted by Crippen LogP contribution is -2.32. The largest absolute Gasteiger partial charge is 0.396 e. The summed E-state index contributed by atoms with van der Waals surface area (Å²) in [7, 11) is 0. The number of rotatable bonds is 4. The van der Waals surface area contributed by atoms with E-state index in [1.165, 1.54) is 14.7 Å². The Morgan fingerprint density at radius 3 is 0.889 bits per heavy atom. The zero-order valence-electron chi connectivity index (χ0n) is 9.69.